The average molecular weight is 352 g/mol. The van der Waals surface area contributed by atoms with Crippen molar-refractivity contribution < 1.29 is 23.4 Å². The average Bonchev–Trinajstić information content (AvgIpc) is 2.32. The van der Waals surface area contributed by atoms with Gasteiger partial charge in [-0.05, 0) is 40.5 Å². The van der Waals surface area contributed by atoms with Crippen LogP contribution in [0.3, 0.4) is 0 Å². The number of hydrogen-bond acceptors (Lipinski definition) is 4. The summed E-state index contributed by atoms with van der Waals surface area (Å²) in [6.45, 7) is 1.23. The highest BCUT2D eigenvalue weighted by molar-refractivity contribution is 9.10. The predicted molar refractivity (Wildman–Crippen MR) is 72.7 cm³/mol. The number of aliphatic hydroxyl groups is 1. The molecule has 0 unspecified atom stereocenters. The summed E-state index contributed by atoms with van der Waals surface area (Å²) in [6, 6.07) is 2.49. The molecular formula is C11H14BrNO5S. The number of carboxylic acid groups (broad SMARTS) is 1. The van der Waals surface area contributed by atoms with Gasteiger partial charge in [-0.2, -0.15) is 4.31 Å². The summed E-state index contributed by atoms with van der Waals surface area (Å²) in [5, 5.41) is 17.8. The zero-order valence-electron chi connectivity index (χ0n) is 10.4. The van der Waals surface area contributed by atoms with Crippen molar-refractivity contribution in [3.63, 3.8) is 0 Å². The molecule has 0 saturated carbocycles. The van der Waals surface area contributed by atoms with E-state index in [9.17, 15) is 13.2 Å². The lowest BCUT2D eigenvalue weighted by molar-refractivity contribution is 0.0696. The molecule has 2 N–H and O–H groups in total. The van der Waals surface area contributed by atoms with Crippen LogP contribution < -0.4 is 0 Å². The Labute approximate surface area is 119 Å². The van der Waals surface area contributed by atoms with E-state index >= 15 is 0 Å². The quantitative estimate of drug-likeness (QED) is 0.827. The number of carboxylic acids is 1. The topological polar surface area (TPSA) is 94.9 Å². The standard InChI is InChI=1S/C11H14BrNO5S/c1-7-5-8(11(15)16)6-9(10(7)12)19(17,18)13(2)3-4-14/h5-6,14H,3-4H2,1-2H3,(H,15,16). The van der Waals surface area contributed by atoms with Gasteiger partial charge in [-0.25, -0.2) is 13.2 Å². The van der Waals surface area contributed by atoms with E-state index in [1.165, 1.54) is 13.1 Å². The maximum absolute atomic E-state index is 12.3. The summed E-state index contributed by atoms with van der Waals surface area (Å²) in [5.41, 5.74) is 0.410. The maximum Gasteiger partial charge on any atom is 0.335 e. The number of likely N-dealkylation sites (N-methyl/N-ethyl adjacent to an activating group) is 1. The molecule has 1 aromatic carbocycles. The van der Waals surface area contributed by atoms with Gasteiger partial charge in [0.25, 0.3) is 0 Å². The Morgan fingerprint density at radius 3 is 2.47 bits per heavy atom. The maximum atomic E-state index is 12.3. The highest BCUT2D eigenvalue weighted by Crippen LogP contribution is 2.29. The van der Waals surface area contributed by atoms with Crippen molar-refractivity contribution in [1.29, 1.82) is 0 Å². The minimum absolute atomic E-state index is 0.0644. The molecule has 0 aliphatic heterocycles. The van der Waals surface area contributed by atoms with Crippen molar-refractivity contribution in [3.8, 4) is 0 Å². The number of sulfonamides is 1. The van der Waals surface area contributed by atoms with E-state index in [4.69, 9.17) is 10.2 Å². The summed E-state index contributed by atoms with van der Waals surface area (Å²) in [7, 11) is -2.53. The fourth-order valence-corrected chi connectivity index (χ4v) is 3.64. The summed E-state index contributed by atoms with van der Waals surface area (Å²) < 4.78 is 25.8. The SMILES string of the molecule is Cc1cc(C(=O)O)cc(S(=O)(=O)N(C)CCO)c1Br. The van der Waals surface area contributed by atoms with Crippen molar-refractivity contribution in [2.75, 3.05) is 20.2 Å². The summed E-state index contributed by atoms with van der Waals surface area (Å²) in [6.07, 6.45) is 0. The molecule has 0 heterocycles. The molecule has 6 nitrogen and oxygen atoms in total. The number of nitrogens with zero attached hydrogens (tertiary/aromatic N) is 1. The number of aliphatic hydroxyl groups excluding tert-OH is 1. The second-order valence-electron chi connectivity index (χ2n) is 3.96. The molecule has 0 radical (unpaired) electrons. The summed E-state index contributed by atoms with van der Waals surface area (Å²) in [4.78, 5) is 10.9. The van der Waals surface area contributed by atoms with Crippen LogP contribution >= 0.6 is 15.9 Å². The molecule has 0 fully saturated rings. The number of hydrogen-bond donors (Lipinski definition) is 2. The van der Waals surface area contributed by atoms with Crippen molar-refractivity contribution in [2.45, 2.75) is 11.8 Å². The van der Waals surface area contributed by atoms with E-state index in [0.29, 0.717) is 10.0 Å². The van der Waals surface area contributed by atoms with Gasteiger partial charge in [-0.1, -0.05) is 0 Å². The molecule has 0 aliphatic rings. The fraction of sp³-hybridized carbons (Fsp3) is 0.364. The van der Waals surface area contributed by atoms with Gasteiger partial charge in [0.15, 0.2) is 0 Å². The van der Waals surface area contributed by atoms with Crippen LogP contribution in [0.4, 0.5) is 0 Å². The minimum Gasteiger partial charge on any atom is -0.478 e. The first-order valence-electron chi connectivity index (χ1n) is 5.32. The smallest absolute Gasteiger partial charge is 0.335 e. The Morgan fingerprint density at radius 2 is 2.00 bits per heavy atom. The monoisotopic (exact) mass is 351 g/mol. The van der Waals surface area contributed by atoms with Gasteiger partial charge in [0.1, 0.15) is 0 Å². The van der Waals surface area contributed by atoms with Crippen LogP contribution in [-0.2, 0) is 10.0 Å². The highest BCUT2D eigenvalue weighted by atomic mass is 79.9. The van der Waals surface area contributed by atoms with Gasteiger partial charge in [-0.3, -0.25) is 0 Å². The zero-order valence-corrected chi connectivity index (χ0v) is 12.8. The van der Waals surface area contributed by atoms with Crippen molar-refractivity contribution in [2.24, 2.45) is 0 Å². The van der Waals surface area contributed by atoms with Crippen LogP contribution in [0.2, 0.25) is 0 Å². The molecule has 0 bridgehead atoms. The molecule has 1 rings (SSSR count). The van der Waals surface area contributed by atoms with Gasteiger partial charge in [0, 0.05) is 18.1 Å². The van der Waals surface area contributed by atoms with Crippen LogP contribution in [0.5, 0.6) is 0 Å². The third kappa shape index (κ3) is 3.33. The minimum atomic E-state index is -3.85. The second-order valence-corrected chi connectivity index (χ2v) is 6.77. The predicted octanol–water partition coefficient (Wildman–Crippen LogP) is 1.07. The van der Waals surface area contributed by atoms with E-state index in [0.717, 1.165) is 10.4 Å². The van der Waals surface area contributed by atoms with E-state index < -0.39 is 16.0 Å². The first-order valence-corrected chi connectivity index (χ1v) is 7.55. The largest absolute Gasteiger partial charge is 0.478 e. The van der Waals surface area contributed by atoms with E-state index in [1.807, 2.05) is 0 Å². The lowest BCUT2D eigenvalue weighted by atomic mass is 10.1. The number of halogens is 1. The molecule has 0 spiro atoms. The molecule has 0 aliphatic carbocycles. The van der Waals surface area contributed by atoms with Gasteiger partial charge < -0.3 is 10.2 Å². The fourth-order valence-electron chi connectivity index (χ4n) is 1.48. The Balaban J connectivity index is 3.45. The molecule has 0 aromatic heterocycles. The third-order valence-electron chi connectivity index (χ3n) is 2.57. The summed E-state index contributed by atoms with van der Waals surface area (Å²) >= 11 is 3.16. The number of aryl methyl sites for hydroxylation is 1. The molecule has 19 heavy (non-hydrogen) atoms. The molecule has 1 aromatic rings. The van der Waals surface area contributed by atoms with Crippen LogP contribution in [0.15, 0.2) is 21.5 Å². The molecular weight excluding hydrogens is 338 g/mol. The number of aromatic carboxylic acids is 1. The lowest BCUT2D eigenvalue weighted by Crippen LogP contribution is -2.30. The van der Waals surface area contributed by atoms with E-state index in [2.05, 4.69) is 15.9 Å². The second kappa shape index (κ2) is 6.00. The van der Waals surface area contributed by atoms with Crippen LogP contribution in [-0.4, -0.2) is 49.1 Å². The molecule has 106 valence electrons. The molecule has 0 amide bonds. The number of carbonyl (C=O) groups is 1. The van der Waals surface area contributed by atoms with Crippen LogP contribution in [0, 0.1) is 6.92 Å². The molecule has 8 heteroatoms. The van der Waals surface area contributed by atoms with Crippen molar-refractivity contribution >= 4 is 31.9 Å². The Bertz CT molecular complexity index is 599. The summed E-state index contributed by atoms with van der Waals surface area (Å²) in [5.74, 6) is -1.20. The van der Waals surface area contributed by atoms with Gasteiger partial charge in [0.2, 0.25) is 10.0 Å². The number of rotatable bonds is 5. The molecule has 0 atom stereocenters. The van der Waals surface area contributed by atoms with Crippen LogP contribution in [0.1, 0.15) is 15.9 Å². The lowest BCUT2D eigenvalue weighted by Gasteiger charge is -2.18. The van der Waals surface area contributed by atoms with Gasteiger partial charge in [-0.15, -0.1) is 0 Å². The third-order valence-corrected chi connectivity index (χ3v) is 5.77. The van der Waals surface area contributed by atoms with E-state index in [1.54, 1.807) is 6.92 Å². The first kappa shape index (κ1) is 16.1. The number of benzene rings is 1. The van der Waals surface area contributed by atoms with Crippen molar-refractivity contribution in [3.05, 3.63) is 27.7 Å². The molecule has 0 saturated heterocycles. The van der Waals surface area contributed by atoms with E-state index in [-0.39, 0.29) is 23.6 Å². The van der Waals surface area contributed by atoms with Crippen LogP contribution in [0.25, 0.3) is 0 Å². The Hall–Kier alpha value is -0.960. The van der Waals surface area contributed by atoms with Gasteiger partial charge in [0.05, 0.1) is 17.1 Å². The zero-order chi connectivity index (χ0) is 14.8. The van der Waals surface area contributed by atoms with Crippen molar-refractivity contribution in [1.82, 2.24) is 4.31 Å². The Kier molecular flexibility index (Phi) is 5.08. The first-order chi connectivity index (χ1) is 8.71. The highest BCUT2D eigenvalue weighted by Gasteiger charge is 2.25. The van der Waals surface area contributed by atoms with Gasteiger partial charge >= 0.3 is 5.97 Å². The normalized spacial score (nSPS) is 11.8. The Morgan fingerprint density at radius 1 is 1.42 bits per heavy atom.